The molecule has 0 atom stereocenters. The third-order valence-electron chi connectivity index (χ3n) is 2.84. The topological polar surface area (TPSA) is 83.8 Å². The van der Waals surface area contributed by atoms with Crippen LogP contribution in [0.25, 0.3) is 11.5 Å². The second-order valence-electron chi connectivity index (χ2n) is 4.27. The standard InChI is InChI=1S/C14H12N4O2/c1-9-4-2-6-15-13(9)16-14(19)11-8-10(17-18-11)12-5-3-7-20-12/h2-8H,1H3,(H,17,18)(H,15,16,19). The Kier molecular flexibility index (Phi) is 3.04. The molecular weight excluding hydrogens is 256 g/mol. The van der Waals surface area contributed by atoms with Gasteiger partial charge in [-0.15, -0.1) is 0 Å². The van der Waals surface area contributed by atoms with Crippen LogP contribution in [0.4, 0.5) is 5.82 Å². The van der Waals surface area contributed by atoms with Crippen molar-refractivity contribution >= 4 is 11.7 Å². The van der Waals surface area contributed by atoms with Crippen molar-refractivity contribution in [3.63, 3.8) is 0 Å². The summed E-state index contributed by atoms with van der Waals surface area (Å²) in [6.45, 7) is 1.88. The van der Waals surface area contributed by atoms with Crippen LogP contribution in [0.5, 0.6) is 0 Å². The SMILES string of the molecule is Cc1cccnc1NC(=O)c1cc(-c2ccco2)[nH]n1. The molecule has 3 rings (SSSR count). The van der Waals surface area contributed by atoms with Gasteiger partial charge in [0.15, 0.2) is 11.5 Å². The van der Waals surface area contributed by atoms with Gasteiger partial charge in [0.1, 0.15) is 11.5 Å². The first-order valence-electron chi connectivity index (χ1n) is 6.06. The van der Waals surface area contributed by atoms with Gasteiger partial charge >= 0.3 is 0 Å². The van der Waals surface area contributed by atoms with Crippen molar-refractivity contribution in [1.29, 1.82) is 0 Å². The Morgan fingerprint density at radius 1 is 1.35 bits per heavy atom. The van der Waals surface area contributed by atoms with Gasteiger partial charge in [-0.1, -0.05) is 6.07 Å². The summed E-state index contributed by atoms with van der Waals surface area (Å²) in [6.07, 6.45) is 3.19. The fourth-order valence-electron chi connectivity index (χ4n) is 1.78. The Labute approximate surface area is 114 Å². The van der Waals surface area contributed by atoms with Crippen LogP contribution < -0.4 is 5.32 Å². The van der Waals surface area contributed by atoms with Gasteiger partial charge in [-0.25, -0.2) is 4.98 Å². The van der Waals surface area contributed by atoms with Crippen LogP contribution in [-0.4, -0.2) is 21.1 Å². The second kappa shape index (κ2) is 5.00. The number of H-pyrrole nitrogens is 1. The van der Waals surface area contributed by atoms with Crippen molar-refractivity contribution in [1.82, 2.24) is 15.2 Å². The average molecular weight is 268 g/mol. The van der Waals surface area contributed by atoms with Crippen molar-refractivity contribution in [2.45, 2.75) is 6.92 Å². The number of aromatic amines is 1. The van der Waals surface area contributed by atoms with Gasteiger partial charge in [0.2, 0.25) is 0 Å². The first-order chi connectivity index (χ1) is 9.74. The predicted octanol–water partition coefficient (Wildman–Crippen LogP) is 2.63. The molecule has 3 aromatic rings. The third-order valence-corrected chi connectivity index (χ3v) is 2.84. The summed E-state index contributed by atoms with van der Waals surface area (Å²) in [5, 5.41) is 9.46. The highest BCUT2D eigenvalue weighted by Crippen LogP contribution is 2.18. The lowest BCUT2D eigenvalue weighted by Gasteiger charge is -2.04. The summed E-state index contributed by atoms with van der Waals surface area (Å²) in [4.78, 5) is 16.2. The molecule has 20 heavy (non-hydrogen) atoms. The Morgan fingerprint density at radius 2 is 2.25 bits per heavy atom. The molecule has 1 amide bonds. The van der Waals surface area contributed by atoms with E-state index >= 15 is 0 Å². The van der Waals surface area contributed by atoms with E-state index in [2.05, 4.69) is 20.5 Å². The molecule has 6 nitrogen and oxygen atoms in total. The van der Waals surface area contributed by atoms with Crippen molar-refractivity contribution in [2.75, 3.05) is 5.32 Å². The number of amides is 1. The lowest BCUT2D eigenvalue weighted by atomic mass is 10.2. The van der Waals surface area contributed by atoms with Crippen molar-refractivity contribution in [2.24, 2.45) is 0 Å². The number of nitrogens with one attached hydrogen (secondary N) is 2. The zero-order chi connectivity index (χ0) is 13.9. The fraction of sp³-hybridized carbons (Fsp3) is 0.0714. The van der Waals surface area contributed by atoms with Crippen LogP contribution >= 0.6 is 0 Å². The smallest absolute Gasteiger partial charge is 0.277 e. The molecule has 2 N–H and O–H groups in total. The van der Waals surface area contributed by atoms with Crippen LogP contribution in [0.2, 0.25) is 0 Å². The molecule has 3 aromatic heterocycles. The molecule has 0 saturated carbocycles. The van der Waals surface area contributed by atoms with E-state index in [1.165, 1.54) is 0 Å². The van der Waals surface area contributed by atoms with Crippen LogP contribution in [0.15, 0.2) is 47.2 Å². The Hall–Kier alpha value is -2.89. The number of aryl methyl sites for hydroxylation is 1. The molecule has 0 radical (unpaired) electrons. The van der Waals surface area contributed by atoms with E-state index in [9.17, 15) is 4.79 Å². The van der Waals surface area contributed by atoms with E-state index in [1.54, 1.807) is 30.7 Å². The van der Waals surface area contributed by atoms with Gasteiger partial charge in [0.05, 0.1) is 6.26 Å². The highest BCUT2D eigenvalue weighted by Gasteiger charge is 2.14. The normalized spacial score (nSPS) is 10.4. The summed E-state index contributed by atoms with van der Waals surface area (Å²) >= 11 is 0. The van der Waals surface area contributed by atoms with Crippen molar-refractivity contribution in [3.8, 4) is 11.5 Å². The largest absolute Gasteiger partial charge is 0.463 e. The number of pyridine rings is 1. The minimum atomic E-state index is -0.319. The number of hydrogen-bond donors (Lipinski definition) is 2. The van der Waals surface area contributed by atoms with Gasteiger partial charge in [0.25, 0.3) is 5.91 Å². The number of hydrogen-bond acceptors (Lipinski definition) is 4. The monoisotopic (exact) mass is 268 g/mol. The van der Waals surface area contributed by atoms with Gasteiger partial charge < -0.3 is 9.73 Å². The Bertz CT molecular complexity index is 731. The molecule has 0 saturated heterocycles. The number of furan rings is 1. The molecule has 0 aliphatic heterocycles. The number of carbonyl (C=O) groups excluding carboxylic acids is 1. The molecule has 100 valence electrons. The fourth-order valence-corrected chi connectivity index (χ4v) is 1.78. The molecule has 3 heterocycles. The van der Waals surface area contributed by atoms with E-state index in [1.807, 2.05) is 19.1 Å². The molecule has 0 aromatic carbocycles. The maximum Gasteiger partial charge on any atom is 0.277 e. The number of rotatable bonds is 3. The van der Waals surface area contributed by atoms with Crippen LogP contribution in [0, 0.1) is 6.92 Å². The highest BCUT2D eigenvalue weighted by atomic mass is 16.3. The molecular formula is C14H12N4O2. The minimum absolute atomic E-state index is 0.279. The number of nitrogens with zero attached hydrogens (tertiary/aromatic N) is 2. The Balaban J connectivity index is 1.80. The first-order valence-corrected chi connectivity index (χ1v) is 6.06. The summed E-state index contributed by atoms with van der Waals surface area (Å²) in [5.74, 6) is 0.839. The maximum atomic E-state index is 12.1. The van der Waals surface area contributed by atoms with E-state index in [0.29, 0.717) is 17.3 Å². The third kappa shape index (κ3) is 2.31. The number of anilines is 1. The van der Waals surface area contributed by atoms with E-state index in [-0.39, 0.29) is 11.6 Å². The quantitative estimate of drug-likeness (QED) is 0.764. The lowest BCUT2D eigenvalue weighted by Crippen LogP contribution is -2.14. The maximum absolute atomic E-state index is 12.1. The Morgan fingerprint density at radius 3 is 3.00 bits per heavy atom. The van der Waals surface area contributed by atoms with E-state index in [0.717, 1.165) is 5.56 Å². The second-order valence-corrected chi connectivity index (χ2v) is 4.27. The van der Waals surface area contributed by atoms with Crippen LogP contribution in [0.3, 0.4) is 0 Å². The molecule has 0 fully saturated rings. The van der Waals surface area contributed by atoms with Gasteiger partial charge in [-0.05, 0) is 30.7 Å². The number of carbonyl (C=O) groups is 1. The summed E-state index contributed by atoms with van der Waals surface area (Å²) in [5.41, 5.74) is 1.82. The summed E-state index contributed by atoms with van der Waals surface area (Å²) in [7, 11) is 0. The molecule has 6 heteroatoms. The molecule has 0 bridgehead atoms. The summed E-state index contributed by atoms with van der Waals surface area (Å²) in [6, 6.07) is 8.88. The van der Waals surface area contributed by atoms with Crippen LogP contribution in [0.1, 0.15) is 16.1 Å². The van der Waals surface area contributed by atoms with Gasteiger partial charge in [0, 0.05) is 12.3 Å². The zero-order valence-corrected chi connectivity index (χ0v) is 10.8. The van der Waals surface area contributed by atoms with Gasteiger partial charge in [-0.3, -0.25) is 9.89 Å². The summed E-state index contributed by atoms with van der Waals surface area (Å²) < 4.78 is 5.23. The highest BCUT2D eigenvalue weighted by molar-refractivity contribution is 6.03. The van der Waals surface area contributed by atoms with E-state index in [4.69, 9.17) is 4.42 Å². The van der Waals surface area contributed by atoms with E-state index < -0.39 is 0 Å². The predicted molar refractivity (Wildman–Crippen MR) is 73.2 cm³/mol. The molecule has 0 aliphatic rings. The molecule has 0 aliphatic carbocycles. The number of aromatic nitrogens is 3. The van der Waals surface area contributed by atoms with Crippen molar-refractivity contribution < 1.29 is 9.21 Å². The van der Waals surface area contributed by atoms with Gasteiger partial charge in [-0.2, -0.15) is 5.10 Å². The molecule has 0 unspecified atom stereocenters. The molecule has 0 spiro atoms. The lowest BCUT2D eigenvalue weighted by molar-refractivity contribution is 0.102. The first kappa shape index (κ1) is 12.2. The van der Waals surface area contributed by atoms with Crippen molar-refractivity contribution in [3.05, 3.63) is 54.0 Å². The van der Waals surface area contributed by atoms with Crippen LogP contribution in [-0.2, 0) is 0 Å². The average Bonchev–Trinajstić information content (AvgIpc) is 3.11. The minimum Gasteiger partial charge on any atom is -0.463 e. The zero-order valence-electron chi connectivity index (χ0n) is 10.8.